The van der Waals surface area contributed by atoms with Crippen molar-refractivity contribution in [3.05, 3.63) is 0 Å². The molecule has 1 rings (SSSR count). The van der Waals surface area contributed by atoms with Crippen molar-refractivity contribution in [3.63, 3.8) is 0 Å². The minimum Gasteiger partial charge on any atom is -0.393 e. The predicted octanol–water partition coefficient (Wildman–Crippen LogP) is 1.61. The van der Waals surface area contributed by atoms with E-state index in [9.17, 15) is 5.11 Å². The molecule has 1 N–H and O–H groups in total. The second-order valence-electron chi connectivity index (χ2n) is 4.62. The second-order valence-corrected chi connectivity index (χ2v) is 4.62. The van der Waals surface area contributed by atoms with Crippen molar-refractivity contribution in [1.29, 1.82) is 0 Å². The molecule has 0 bridgehead atoms. The summed E-state index contributed by atoms with van der Waals surface area (Å²) >= 11 is 0. The lowest BCUT2D eigenvalue weighted by Crippen LogP contribution is -2.16. The van der Waals surface area contributed by atoms with Crippen LogP contribution in [0, 0.1) is 5.92 Å². The van der Waals surface area contributed by atoms with Crippen molar-refractivity contribution >= 4 is 0 Å². The Morgan fingerprint density at radius 3 is 2.41 bits per heavy atom. The Kier molecular flexibility index (Phi) is 8.61. The highest BCUT2D eigenvalue weighted by molar-refractivity contribution is 4.76. The first-order chi connectivity index (χ1) is 8.34. The number of ether oxygens (including phenoxy) is 3. The summed E-state index contributed by atoms with van der Waals surface area (Å²) in [5.74, 6) is 0.456. The minimum atomic E-state index is -0.0936. The summed E-state index contributed by atoms with van der Waals surface area (Å²) < 4.78 is 15.8. The van der Waals surface area contributed by atoms with Crippen LogP contribution in [0.1, 0.15) is 32.1 Å². The van der Waals surface area contributed by atoms with Gasteiger partial charge in [0.2, 0.25) is 0 Å². The van der Waals surface area contributed by atoms with Crippen LogP contribution in [0.2, 0.25) is 0 Å². The molecule has 2 atom stereocenters. The first-order valence-corrected chi connectivity index (χ1v) is 6.67. The molecule has 102 valence electrons. The van der Waals surface area contributed by atoms with Gasteiger partial charge in [0.05, 0.1) is 19.3 Å². The average Bonchev–Trinajstić information content (AvgIpc) is 2.73. The Morgan fingerprint density at radius 1 is 1.00 bits per heavy atom. The predicted molar refractivity (Wildman–Crippen MR) is 66.1 cm³/mol. The van der Waals surface area contributed by atoms with Gasteiger partial charge in [-0.3, -0.25) is 0 Å². The molecule has 4 nitrogen and oxygen atoms in total. The van der Waals surface area contributed by atoms with Crippen molar-refractivity contribution in [1.82, 2.24) is 0 Å². The monoisotopic (exact) mass is 246 g/mol. The summed E-state index contributed by atoms with van der Waals surface area (Å²) in [6, 6.07) is 0. The molecular weight excluding hydrogens is 220 g/mol. The van der Waals surface area contributed by atoms with Gasteiger partial charge in [-0.1, -0.05) is 6.42 Å². The van der Waals surface area contributed by atoms with Gasteiger partial charge >= 0.3 is 0 Å². The van der Waals surface area contributed by atoms with E-state index in [-0.39, 0.29) is 6.10 Å². The maximum Gasteiger partial charge on any atom is 0.0700 e. The summed E-state index contributed by atoms with van der Waals surface area (Å²) in [6.07, 6.45) is 5.10. The molecule has 0 aromatic carbocycles. The first-order valence-electron chi connectivity index (χ1n) is 6.67. The Morgan fingerprint density at radius 2 is 1.76 bits per heavy atom. The molecule has 0 saturated heterocycles. The maximum absolute atomic E-state index is 9.62. The van der Waals surface area contributed by atoms with E-state index in [1.54, 1.807) is 7.11 Å². The van der Waals surface area contributed by atoms with Gasteiger partial charge in [0.25, 0.3) is 0 Å². The number of aliphatic hydroxyl groups is 1. The molecular formula is C13H26O4. The second kappa shape index (κ2) is 9.83. The lowest BCUT2D eigenvalue weighted by atomic mass is 10.0. The SMILES string of the molecule is COCCCOCCOCCC1CCCC1O. The molecule has 0 spiro atoms. The van der Waals surface area contributed by atoms with Crippen LogP contribution in [0.4, 0.5) is 0 Å². The van der Waals surface area contributed by atoms with E-state index in [0.717, 1.165) is 51.9 Å². The van der Waals surface area contributed by atoms with E-state index >= 15 is 0 Å². The first kappa shape index (κ1) is 14.9. The standard InChI is InChI=1S/C13H26O4/c1-15-7-3-8-16-10-11-17-9-6-12-4-2-5-13(12)14/h12-14H,2-11H2,1H3. The van der Waals surface area contributed by atoms with E-state index in [2.05, 4.69) is 0 Å². The molecule has 1 aliphatic rings. The maximum atomic E-state index is 9.62. The molecule has 0 amide bonds. The van der Waals surface area contributed by atoms with Gasteiger partial charge in [-0.15, -0.1) is 0 Å². The van der Waals surface area contributed by atoms with Crippen LogP contribution in [-0.4, -0.2) is 51.4 Å². The van der Waals surface area contributed by atoms with Gasteiger partial charge in [0, 0.05) is 26.9 Å². The fraction of sp³-hybridized carbons (Fsp3) is 1.00. The molecule has 4 heteroatoms. The van der Waals surface area contributed by atoms with Gasteiger partial charge < -0.3 is 19.3 Å². The van der Waals surface area contributed by atoms with Crippen LogP contribution in [0.25, 0.3) is 0 Å². The number of rotatable bonds is 10. The molecule has 0 aromatic heterocycles. The van der Waals surface area contributed by atoms with Crippen LogP contribution in [-0.2, 0) is 14.2 Å². The molecule has 0 radical (unpaired) electrons. The van der Waals surface area contributed by atoms with Crippen molar-refractivity contribution < 1.29 is 19.3 Å². The van der Waals surface area contributed by atoms with Gasteiger partial charge in [-0.2, -0.15) is 0 Å². The van der Waals surface area contributed by atoms with Crippen LogP contribution in [0.5, 0.6) is 0 Å². The molecule has 1 saturated carbocycles. The fourth-order valence-electron chi connectivity index (χ4n) is 2.22. The summed E-state index contributed by atoms with van der Waals surface area (Å²) in [5, 5.41) is 9.62. The average molecular weight is 246 g/mol. The zero-order valence-corrected chi connectivity index (χ0v) is 10.9. The Bertz CT molecular complexity index is 175. The van der Waals surface area contributed by atoms with E-state index in [0.29, 0.717) is 19.1 Å². The number of hydrogen-bond donors (Lipinski definition) is 1. The van der Waals surface area contributed by atoms with Gasteiger partial charge in [-0.25, -0.2) is 0 Å². The molecule has 1 aliphatic carbocycles. The third-order valence-electron chi connectivity index (χ3n) is 3.26. The smallest absolute Gasteiger partial charge is 0.0700 e. The van der Waals surface area contributed by atoms with Crippen molar-refractivity contribution in [2.75, 3.05) is 40.1 Å². The highest BCUT2D eigenvalue weighted by atomic mass is 16.5. The van der Waals surface area contributed by atoms with E-state index in [4.69, 9.17) is 14.2 Å². The van der Waals surface area contributed by atoms with E-state index in [1.165, 1.54) is 0 Å². The summed E-state index contributed by atoms with van der Waals surface area (Å²) in [4.78, 5) is 0. The summed E-state index contributed by atoms with van der Waals surface area (Å²) in [5.41, 5.74) is 0. The molecule has 1 fully saturated rings. The van der Waals surface area contributed by atoms with E-state index in [1.807, 2.05) is 0 Å². The van der Waals surface area contributed by atoms with Crippen LogP contribution >= 0.6 is 0 Å². The summed E-state index contributed by atoms with van der Waals surface area (Å²) in [7, 11) is 1.69. The Labute approximate surface area is 104 Å². The molecule has 0 heterocycles. The number of hydrogen-bond acceptors (Lipinski definition) is 4. The number of aliphatic hydroxyl groups excluding tert-OH is 1. The highest BCUT2D eigenvalue weighted by Gasteiger charge is 2.24. The van der Waals surface area contributed by atoms with Gasteiger partial charge in [0.1, 0.15) is 0 Å². The zero-order valence-electron chi connectivity index (χ0n) is 10.9. The van der Waals surface area contributed by atoms with Crippen LogP contribution in [0.3, 0.4) is 0 Å². The van der Waals surface area contributed by atoms with Crippen molar-refractivity contribution in [3.8, 4) is 0 Å². The largest absolute Gasteiger partial charge is 0.393 e. The quantitative estimate of drug-likeness (QED) is 0.595. The van der Waals surface area contributed by atoms with Gasteiger partial charge in [0.15, 0.2) is 0 Å². The van der Waals surface area contributed by atoms with Crippen LogP contribution < -0.4 is 0 Å². The number of methoxy groups -OCH3 is 1. The highest BCUT2D eigenvalue weighted by Crippen LogP contribution is 2.27. The van der Waals surface area contributed by atoms with Gasteiger partial charge in [-0.05, 0) is 31.6 Å². The molecule has 2 unspecified atom stereocenters. The minimum absolute atomic E-state index is 0.0936. The lowest BCUT2D eigenvalue weighted by molar-refractivity contribution is 0.0291. The lowest BCUT2D eigenvalue weighted by Gasteiger charge is -2.14. The Hall–Kier alpha value is -0.160. The van der Waals surface area contributed by atoms with Crippen molar-refractivity contribution in [2.45, 2.75) is 38.2 Å². The van der Waals surface area contributed by atoms with E-state index < -0.39 is 0 Å². The van der Waals surface area contributed by atoms with Crippen molar-refractivity contribution in [2.24, 2.45) is 5.92 Å². The Balaban J connectivity index is 1.78. The third kappa shape index (κ3) is 6.99. The normalized spacial score (nSPS) is 24.4. The fourth-order valence-corrected chi connectivity index (χ4v) is 2.22. The molecule has 0 aromatic rings. The zero-order chi connectivity index (χ0) is 12.3. The topological polar surface area (TPSA) is 47.9 Å². The third-order valence-corrected chi connectivity index (χ3v) is 3.26. The molecule has 0 aliphatic heterocycles. The molecule has 17 heavy (non-hydrogen) atoms. The summed E-state index contributed by atoms with van der Waals surface area (Å²) in [6.45, 7) is 3.52. The van der Waals surface area contributed by atoms with Crippen LogP contribution in [0.15, 0.2) is 0 Å².